The summed E-state index contributed by atoms with van der Waals surface area (Å²) in [5.74, 6) is 0.704. The van der Waals surface area contributed by atoms with Crippen LogP contribution in [-0.4, -0.2) is 26.0 Å². The average molecular weight is 449 g/mol. The summed E-state index contributed by atoms with van der Waals surface area (Å²) in [5, 5.41) is 9.13. The molecule has 0 aliphatic carbocycles. The first kappa shape index (κ1) is 20.8. The normalized spacial score (nSPS) is 11.8. The van der Waals surface area contributed by atoms with Gasteiger partial charge in [0.25, 0.3) is 0 Å². The van der Waals surface area contributed by atoms with Crippen molar-refractivity contribution >= 4 is 18.0 Å². The summed E-state index contributed by atoms with van der Waals surface area (Å²) >= 11 is 1.39. The highest BCUT2D eigenvalue weighted by atomic mass is 32.2. The number of rotatable bonds is 7. The maximum Gasteiger partial charge on any atom is 0.197 e. The molecule has 2 heterocycles. The van der Waals surface area contributed by atoms with Gasteiger partial charge in [0.15, 0.2) is 11.0 Å². The van der Waals surface area contributed by atoms with Gasteiger partial charge in [-0.3, -0.25) is 9.55 Å². The lowest BCUT2D eigenvalue weighted by Gasteiger charge is -2.14. The number of pyridine rings is 1. The molecule has 0 radical (unpaired) electrons. The third kappa shape index (κ3) is 4.47. The first-order chi connectivity index (χ1) is 16.3. The van der Waals surface area contributed by atoms with Gasteiger partial charge in [0.2, 0.25) is 0 Å². The second kappa shape index (κ2) is 9.63. The number of benzene rings is 3. The molecule has 1 atom stereocenters. The molecule has 0 aliphatic rings. The molecule has 6 heteroatoms. The number of nitrogens with zero attached hydrogens (tertiary/aromatic N) is 4. The molecule has 0 N–H and O–H groups in total. The molecule has 2 aromatic heterocycles. The smallest absolute Gasteiger partial charge is 0.197 e. The van der Waals surface area contributed by atoms with Gasteiger partial charge in [-0.1, -0.05) is 84.6 Å². The minimum atomic E-state index is -0.410. The van der Waals surface area contributed by atoms with Gasteiger partial charge in [0, 0.05) is 23.6 Å². The molecule has 5 rings (SSSR count). The SMILES string of the molecule is O=CC(Sc1nnc(-c2ccncc2)n1-c1ccccc1)c1ccc(-c2ccccc2)cc1. The highest BCUT2D eigenvalue weighted by molar-refractivity contribution is 8.00. The number of hydrogen-bond donors (Lipinski definition) is 0. The summed E-state index contributed by atoms with van der Waals surface area (Å²) < 4.78 is 1.98. The summed E-state index contributed by atoms with van der Waals surface area (Å²) in [7, 11) is 0. The lowest BCUT2D eigenvalue weighted by Crippen LogP contribution is -2.02. The Balaban J connectivity index is 1.49. The fourth-order valence-corrected chi connectivity index (χ4v) is 4.59. The van der Waals surface area contributed by atoms with Crippen molar-refractivity contribution in [2.45, 2.75) is 10.4 Å². The highest BCUT2D eigenvalue weighted by Gasteiger charge is 2.21. The van der Waals surface area contributed by atoms with Crippen molar-refractivity contribution < 1.29 is 4.79 Å². The molecule has 3 aromatic carbocycles. The van der Waals surface area contributed by atoms with Crippen LogP contribution >= 0.6 is 11.8 Å². The zero-order valence-corrected chi connectivity index (χ0v) is 18.5. The van der Waals surface area contributed by atoms with Crippen LogP contribution in [0.3, 0.4) is 0 Å². The first-order valence-corrected chi connectivity index (χ1v) is 11.4. The molecule has 160 valence electrons. The van der Waals surface area contributed by atoms with Crippen molar-refractivity contribution in [3.05, 3.63) is 115 Å². The van der Waals surface area contributed by atoms with Crippen LogP contribution in [0, 0.1) is 0 Å². The average Bonchev–Trinajstić information content (AvgIpc) is 3.32. The predicted molar refractivity (Wildman–Crippen MR) is 131 cm³/mol. The van der Waals surface area contributed by atoms with Gasteiger partial charge in [-0.25, -0.2) is 0 Å². The second-order valence-electron chi connectivity index (χ2n) is 7.38. The molecule has 5 nitrogen and oxygen atoms in total. The van der Waals surface area contributed by atoms with Crippen LogP contribution in [0.4, 0.5) is 0 Å². The van der Waals surface area contributed by atoms with E-state index in [0.717, 1.165) is 34.2 Å². The first-order valence-electron chi connectivity index (χ1n) is 10.5. The maximum absolute atomic E-state index is 12.1. The van der Waals surface area contributed by atoms with E-state index in [4.69, 9.17) is 0 Å². The topological polar surface area (TPSA) is 60.7 Å². The van der Waals surface area contributed by atoms with Crippen molar-refractivity contribution in [3.63, 3.8) is 0 Å². The molecule has 0 saturated carbocycles. The van der Waals surface area contributed by atoms with E-state index >= 15 is 0 Å². The van der Waals surface area contributed by atoms with Crippen LogP contribution in [0.1, 0.15) is 10.8 Å². The van der Waals surface area contributed by atoms with E-state index in [-0.39, 0.29) is 0 Å². The summed E-state index contributed by atoms with van der Waals surface area (Å²) in [4.78, 5) is 16.2. The number of aromatic nitrogens is 4. The molecule has 0 amide bonds. The van der Waals surface area contributed by atoms with Crippen molar-refractivity contribution in [2.24, 2.45) is 0 Å². The third-order valence-electron chi connectivity index (χ3n) is 5.29. The quantitative estimate of drug-likeness (QED) is 0.225. The van der Waals surface area contributed by atoms with Crippen LogP contribution in [0.5, 0.6) is 0 Å². The molecular formula is C27H20N4OS. The van der Waals surface area contributed by atoms with E-state index in [2.05, 4.69) is 27.3 Å². The Kier molecular flexibility index (Phi) is 6.08. The molecule has 1 unspecified atom stereocenters. The van der Waals surface area contributed by atoms with Gasteiger partial charge in [0.05, 0.1) is 5.25 Å². The molecule has 0 fully saturated rings. The number of carbonyl (C=O) groups is 1. The zero-order valence-electron chi connectivity index (χ0n) is 17.7. The van der Waals surface area contributed by atoms with E-state index < -0.39 is 5.25 Å². The Labute approximate surface area is 196 Å². The van der Waals surface area contributed by atoms with Crippen LogP contribution in [0.25, 0.3) is 28.2 Å². The number of hydrogen-bond acceptors (Lipinski definition) is 5. The van der Waals surface area contributed by atoms with E-state index in [9.17, 15) is 4.79 Å². The van der Waals surface area contributed by atoms with Gasteiger partial charge < -0.3 is 4.79 Å². The van der Waals surface area contributed by atoms with Gasteiger partial charge >= 0.3 is 0 Å². The Hall–Kier alpha value is -4.03. The standard InChI is InChI=1S/C27H20N4OS/c32-19-25(22-13-11-21(12-14-22)20-7-3-1-4-8-20)33-27-30-29-26(23-15-17-28-18-16-23)31(27)24-9-5-2-6-10-24/h1-19,25H. The van der Waals surface area contributed by atoms with E-state index in [0.29, 0.717) is 11.0 Å². The largest absolute Gasteiger partial charge is 0.302 e. The zero-order chi connectivity index (χ0) is 22.5. The summed E-state index contributed by atoms with van der Waals surface area (Å²) in [6.07, 6.45) is 4.42. The number of aldehydes is 1. The number of carbonyl (C=O) groups excluding carboxylic acids is 1. The Bertz CT molecular complexity index is 1340. The van der Waals surface area contributed by atoms with Crippen molar-refractivity contribution in [1.82, 2.24) is 19.7 Å². The van der Waals surface area contributed by atoms with Gasteiger partial charge in [0.1, 0.15) is 6.29 Å². The van der Waals surface area contributed by atoms with Gasteiger partial charge in [-0.05, 0) is 41.0 Å². The minimum absolute atomic E-state index is 0.410. The predicted octanol–water partition coefficient (Wildman–Crippen LogP) is 6.03. The molecule has 33 heavy (non-hydrogen) atoms. The van der Waals surface area contributed by atoms with Crippen LogP contribution in [-0.2, 0) is 4.79 Å². The highest BCUT2D eigenvalue weighted by Crippen LogP contribution is 2.36. The lowest BCUT2D eigenvalue weighted by atomic mass is 10.0. The van der Waals surface area contributed by atoms with Crippen molar-refractivity contribution in [2.75, 3.05) is 0 Å². The molecule has 0 saturated heterocycles. The minimum Gasteiger partial charge on any atom is -0.302 e. The summed E-state index contributed by atoms with van der Waals surface area (Å²) in [5.41, 5.74) is 5.01. The van der Waals surface area contributed by atoms with Gasteiger partial charge in [-0.2, -0.15) is 0 Å². The molecule has 0 bridgehead atoms. The van der Waals surface area contributed by atoms with E-state index in [1.54, 1.807) is 12.4 Å². The number of thioether (sulfide) groups is 1. The Morgan fingerprint density at radius 2 is 1.33 bits per heavy atom. The Morgan fingerprint density at radius 3 is 2.00 bits per heavy atom. The number of para-hydroxylation sites is 1. The summed E-state index contributed by atoms with van der Waals surface area (Å²) in [6.45, 7) is 0. The van der Waals surface area contributed by atoms with Crippen molar-refractivity contribution in [1.29, 1.82) is 0 Å². The second-order valence-corrected chi connectivity index (χ2v) is 8.48. The van der Waals surface area contributed by atoms with Gasteiger partial charge in [-0.15, -0.1) is 10.2 Å². The van der Waals surface area contributed by atoms with Crippen molar-refractivity contribution in [3.8, 4) is 28.2 Å². The maximum atomic E-state index is 12.1. The molecule has 0 aliphatic heterocycles. The molecular weight excluding hydrogens is 428 g/mol. The van der Waals surface area contributed by atoms with E-state index in [1.807, 2.05) is 89.5 Å². The molecule has 5 aromatic rings. The fraction of sp³-hybridized carbons (Fsp3) is 0.0370. The Morgan fingerprint density at radius 1 is 0.697 bits per heavy atom. The third-order valence-corrected chi connectivity index (χ3v) is 6.40. The molecule has 0 spiro atoms. The van der Waals surface area contributed by atoms with E-state index in [1.165, 1.54) is 11.8 Å². The van der Waals surface area contributed by atoms with Crippen LogP contribution in [0.2, 0.25) is 0 Å². The lowest BCUT2D eigenvalue weighted by molar-refractivity contribution is -0.107. The van der Waals surface area contributed by atoms with Crippen LogP contribution in [0.15, 0.2) is 115 Å². The summed E-state index contributed by atoms with van der Waals surface area (Å²) in [6, 6.07) is 32.0. The monoisotopic (exact) mass is 448 g/mol. The fourth-order valence-electron chi connectivity index (χ4n) is 3.63. The van der Waals surface area contributed by atoms with Crippen LogP contribution < -0.4 is 0 Å².